The molecule has 0 radical (unpaired) electrons. The van der Waals surface area contributed by atoms with Gasteiger partial charge in [0.2, 0.25) is 5.91 Å². The van der Waals surface area contributed by atoms with Gasteiger partial charge in [-0.05, 0) is 26.3 Å². The van der Waals surface area contributed by atoms with Crippen LogP contribution in [0.25, 0.3) is 10.2 Å². The van der Waals surface area contributed by atoms with Crippen LogP contribution in [0.4, 0.5) is 0 Å². The largest absolute Gasteiger partial charge is 0.378 e. The van der Waals surface area contributed by atoms with Crippen LogP contribution in [0, 0.1) is 0 Å². The summed E-state index contributed by atoms with van der Waals surface area (Å²) in [5.74, 6) is -0.225. The zero-order valence-electron chi connectivity index (χ0n) is 16.4. The number of carbonyl (C=O) groups is 1. The average Bonchev–Trinajstić information content (AvgIpc) is 3.03. The third-order valence-corrected chi connectivity index (χ3v) is 6.64. The van der Waals surface area contributed by atoms with Gasteiger partial charge in [0.1, 0.15) is 11.4 Å². The molecule has 28 heavy (non-hydrogen) atoms. The predicted octanol–water partition coefficient (Wildman–Crippen LogP) is 0.955. The van der Waals surface area contributed by atoms with Crippen LogP contribution in [0.1, 0.15) is 31.2 Å². The molecule has 1 amide bonds. The molecule has 0 unspecified atom stereocenters. The number of rotatable bonds is 3. The van der Waals surface area contributed by atoms with E-state index in [-0.39, 0.29) is 23.6 Å². The molecule has 1 fully saturated rings. The average molecular weight is 407 g/mol. The number of aryl methyl sites for hydroxylation is 1. The number of thiophene rings is 1. The second-order valence-corrected chi connectivity index (χ2v) is 8.90. The molecule has 2 aromatic heterocycles. The Morgan fingerprint density at radius 2 is 1.89 bits per heavy atom. The SMILES string of the molecule is CCn1c(=O)n(CC(=O)N2CCOCC2)c(=O)c2c3c(sc21)COC(C)(C)C3. The molecule has 2 aliphatic heterocycles. The second-order valence-electron chi connectivity index (χ2n) is 7.82. The number of carbonyl (C=O) groups excluding carboxylic acids is 1. The minimum Gasteiger partial charge on any atom is -0.378 e. The van der Waals surface area contributed by atoms with Gasteiger partial charge in [0.05, 0.1) is 30.8 Å². The van der Waals surface area contributed by atoms with E-state index in [1.165, 1.54) is 11.3 Å². The Balaban J connectivity index is 1.84. The number of amides is 1. The van der Waals surface area contributed by atoms with Gasteiger partial charge >= 0.3 is 5.69 Å². The van der Waals surface area contributed by atoms with E-state index in [1.54, 1.807) is 9.47 Å². The maximum Gasteiger partial charge on any atom is 0.332 e. The highest BCUT2D eigenvalue weighted by molar-refractivity contribution is 7.18. The summed E-state index contributed by atoms with van der Waals surface area (Å²) in [7, 11) is 0. The van der Waals surface area contributed by atoms with Gasteiger partial charge in [0.15, 0.2) is 0 Å². The molecule has 4 rings (SSSR count). The Kier molecular flexibility index (Phi) is 4.93. The van der Waals surface area contributed by atoms with E-state index < -0.39 is 5.69 Å². The van der Waals surface area contributed by atoms with Crippen molar-refractivity contribution in [1.82, 2.24) is 14.0 Å². The van der Waals surface area contributed by atoms with Crippen molar-refractivity contribution >= 4 is 27.5 Å². The molecule has 9 heteroatoms. The molecule has 0 aromatic carbocycles. The van der Waals surface area contributed by atoms with Gasteiger partial charge in [-0.1, -0.05) is 0 Å². The highest BCUT2D eigenvalue weighted by Crippen LogP contribution is 2.37. The Morgan fingerprint density at radius 1 is 1.18 bits per heavy atom. The first-order valence-corrected chi connectivity index (χ1v) is 10.4. The molecule has 4 heterocycles. The lowest BCUT2D eigenvalue weighted by molar-refractivity contribution is -0.136. The number of hydrogen-bond donors (Lipinski definition) is 0. The number of fused-ring (bicyclic) bond motifs is 3. The van der Waals surface area contributed by atoms with Gasteiger partial charge in [0, 0.05) is 30.9 Å². The van der Waals surface area contributed by atoms with Gasteiger partial charge in [-0.2, -0.15) is 0 Å². The highest BCUT2D eigenvalue weighted by Gasteiger charge is 2.32. The fraction of sp³-hybridized carbons (Fsp3) is 0.632. The van der Waals surface area contributed by atoms with Gasteiger partial charge in [-0.3, -0.25) is 18.7 Å². The molecule has 1 saturated heterocycles. The Labute approximate surface area is 166 Å². The third-order valence-electron chi connectivity index (χ3n) is 5.41. The van der Waals surface area contributed by atoms with E-state index in [0.717, 1.165) is 15.0 Å². The molecule has 0 atom stereocenters. The maximum absolute atomic E-state index is 13.3. The summed E-state index contributed by atoms with van der Waals surface area (Å²) < 4.78 is 13.8. The van der Waals surface area contributed by atoms with E-state index in [0.29, 0.717) is 56.1 Å². The summed E-state index contributed by atoms with van der Waals surface area (Å²) in [4.78, 5) is 42.3. The Morgan fingerprint density at radius 3 is 2.57 bits per heavy atom. The van der Waals surface area contributed by atoms with Crippen molar-refractivity contribution in [3.8, 4) is 0 Å². The van der Waals surface area contributed by atoms with E-state index in [4.69, 9.17) is 9.47 Å². The molecule has 0 saturated carbocycles. The Bertz CT molecular complexity index is 1040. The standard InChI is InChI=1S/C19H25N3O5S/c1-4-21-17-15(12-9-19(2,3)27-11-13(12)28-17)16(24)22(18(21)25)10-14(23)20-5-7-26-8-6-20/h4-11H2,1-3H3. The van der Waals surface area contributed by atoms with Crippen LogP contribution in [-0.2, 0) is 40.4 Å². The summed E-state index contributed by atoms with van der Waals surface area (Å²) in [6, 6.07) is 0. The molecule has 152 valence electrons. The van der Waals surface area contributed by atoms with Gasteiger partial charge < -0.3 is 14.4 Å². The number of morpholine rings is 1. The predicted molar refractivity (Wildman–Crippen MR) is 106 cm³/mol. The smallest absolute Gasteiger partial charge is 0.332 e. The topological polar surface area (TPSA) is 82.8 Å². The molecule has 0 N–H and O–H groups in total. The minimum atomic E-state index is -0.430. The van der Waals surface area contributed by atoms with Crippen molar-refractivity contribution < 1.29 is 14.3 Å². The molecule has 2 aliphatic rings. The van der Waals surface area contributed by atoms with Crippen LogP contribution in [0.5, 0.6) is 0 Å². The quantitative estimate of drug-likeness (QED) is 0.757. The summed E-state index contributed by atoms with van der Waals surface area (Å²) in [5, 5.41) is 0.563. The molecule has 0 aliphatic carbocycles. The van der Waals surface area contributed by atoms with Crippen molar-refractivity contribution in [2.45, 2.75) is 52.5 Å². The van der Waals surface area contributed by atoms with Crippen molar-refractivity contribution in [3.05, 3.63) is 31.3 Å². The van der Waals surface area contributed by atoms with Crippen LogP contribution < -0.4 is 11.2 Å². The molecule has 2 aromatic rings. The number of hydrogen-bond acceptors (Lipinski definition) is 6. The van der Waals surface area contributed by atoms with Crippen LogP contribution >= 0.6 is 11.3 Å². The zero-order chi connectivity index (χ0) is 20.1. The summed E-state index contributed by atoms with van der Waals surface area (Å²) >= 11 is 1.45. The normalized spacial score (nSPS) is 19.0. The lowest BCUT2D eigenvalue weighted by Crippen LogP contribution is -2.47. The summed E-state index contributed by atoms with van der Waals surface area (Å²) in [6.07, 6.45) is 0.608. The van der Waals surface area contributed by atoms with Gasteiger partial charge in [0.25, 0.3) is 5.56 Å². The first-order chi connectivity index (χ1) is 13.3. The lowest BCUT2D eigenvalue weighted by Gasteiger charge is -2.30. The lowest BCUT2D eigenvalue weighted by atomic mass is 9.94. The zero-order valence-corrected chi connectivity index (χ0v) is 17.3. The van der Waals surface area contributed by atoms with Crippen molar-refractivity contribution in [3.63, 3.8) is 0 Å². The fourth-order valence-corrected chi connectivity index (χ4v) is 5.15. The molecule has 8 nitrogen and oxygen atoms in total. The molecular weight excluding hydrogens is 382 g/mol. The van der Waals surface area contributed by atoms with Crippen LogP contribution in [-0.4, -0.2) is 51.8 Å². The van der Waals surface area contributed by atoms with Crippen molar-refractivity contribution in [2.24, 2.45) is 0 Å². The summed E-state index contributed by atoms with van der Waals surface area (Å²) in [6.45, 7) is 8.42. The van der Waals surface area contributed by atoms with Crippen molar-refractivity contribution in [2.75, 3.05) is 26.3 Å². The second kappa shape index (κ2) is 7.13. The monoisotopic (exact) mass is 407 g/mol. The molecular formula is C19H25N3O5S. The van der Waals surface area contributed by atoms with Gasteiger partial charge in [-0.25, -0.2) is 4.79 Å². The minimum absolute atomic E-state index is 0.225. The fourth-order valence-electron chi connectivity index (χ4n) is 3.87. The van der Waals surface area contributed by atoms with E-state index >= 15 is 0 Å². The third kappa shape index (κ3) is 3.21. The molecule has 0 bridgehead atoms. The van der Waals surface area contributed by atoms with Crippen LogP contribution in [0.2, 0.25) is 0 Å². The van der Waals surface area contributed by atoms with E-state index in [2.05, 4.69) is 0 Å². The van der Waals surface area contributed by atoms with Crippen LogP contribution in [0.3, 0.4) is 0 Å². The highest BCUT2D eigenvalue weighted by atomic mass is 32.1. The maximum atomic E-state index is 13.3. The van der Waals surface area contributed by atoms with Crippen molar-refractivity contribution in [1.29, 1.82) is 0 Å². The summed E-state index contributed by atoms with van der Waals surface area (Å²) in [5.41, 5.74) is -0.215. The number of aromatic nitrogens is 2. The first-order valence-electron chi connectivity index (χ1n) is 9.60. The van der Waals surface area contributed by atoms with Gasteiger partial charge in [-0.15, -0.1) is 11.3 Å². The number of nitrogens with zero attached hydrogens (tertiary/aromatic N) is 3. The van der Waals surface area contributed by atoms with Crippen LogP contribution in [0.15, 0.2) is 9.59 Å². The van der Waals surface area contributed by atoms with E-state index in [1.807, 2.05) is 20.8 Å². The van der Waals surface area contributed by atoms with E-state index in [9.17, 15) is 14.4 Å². The first kappa shape index (κ1) is 19.4. The molecule has 0 spiro atoms. The number of ether oxygens (including phenoxy) is 2. The Hall–Kier alpha value is -1.97.